The van der Waals surface area contributed by atoms with E-state index >= 15 is 0 Å². The van der Waals surface area contributed by atoms with Gasteiger partial charge in [0.05, 0.1) is 5.69 Å². The van der Waals surface area contributed by atoms with Crippen molar-refractivity contribution >= 4 is 17.5 Å². The van der Waals surface area contributed by atoms with Crippen molar-refractivity contribution in [1.82, 2.24) is 19.6 Å². The summed E-state index contributed by atoms with van der Waals surface area (Å²) in [5.74, 6) is 0.766. The Bertz CT molecular complexity index is 472. The summed E-state index contributed by atoms with van der Waals surface area (Å²) in [7, 11) is 0. The molecule has 4 N–H and O–H groups in total. The van der Waals surface area contributed by atoms with Gasteiger partial charge in [0, 0.05) is 6.07 Å². The summed E-state index contributed by atoms with van der Waals surface area (Å²) in [4.78, 5) is 7.85. The lowest BCUT2D eigenvalue weighted by Crippen LogP contribution is -2.06. The largest absolute Gasteiger partial charge is 0.368 e. The van der Waals surface area contributed by atoms with Gasteiger partial charge in [-0.15, -0.1) is 0 Å². The minimum atomic E-state index is 0.171. The van der Waals surface area contributed by atoms with Crippen LogP contribution in [0.3, 0.4) is 0 Å². The zero-order valence-corrected chi connectivity index (χ0v) is 8.10. The first-order valence-electron chi connectivity index (χ1n) is 4.36. The second-order valence-corrected chi connectivity index (χ2v) is 3.43. The Kier molecular flexibility index (Phi) is 1.77. The average molecular weight is 192 g/mol. The third-order valence-corrected chi connectivity index (χ3v) is 1.98. The smallest absolute Gasteiger partial charge is 0.226 e. The molecule has 0 aliphatic heterocycles. The second kappa shape index (κ2) is 2.83. The van der Waals surface area contributed by atoms with Crippen molar-refractivity contribution in [3.05, 3.63) is 11.8 Å². The molecule has 0 bridgehead atoms. The van der Waals surface area contributed by atoms with E-state index < -0.39 is 0 Å². The standard InChI is InChI=1S/C8H12N6/c1-4(2)5-3-6-11-7(9)12-8(10)14(6)13-5/h3-4H,1-2H3,(H4,9,10,11,12). The monoisotopic (exact) mass is 192 g/mol. The number of hydrogen-bond donors (Lipinski definition) is 2. The lowest BCUT2D eigenvalue weighted by Gasteiger charge is -1.98. The summed E-state index contributed by atoms with van der Waals surface area (Å²) < 4.78 is 1.49. The van der Waals surface area contributed by atoms with Crippen molar-refractivity contribution in [2.75, 3.05) is 11.5 Å². The molecular weight excluding hydrogens is 180 g/mol. The molecule has 0 aliphatic carbocycles. The predicted octanol–water partition coefficient (Wildman–Crippen LogP) is 0.412. The average Bonchev–Trinajstić information content (AvgIpc) is 2.47. The van der Waals surface area contributed by atoms with Gasteiger partial charge < -0.3 is 11.5 Å². The summed E-state index contributed by atoms with van der Waals surface area (Å²) in [6, 6.07) is 1.86. The van der Waals surface area contributed by atoms with E-state index in [9.17, 15) is 0 Å². The Morgan fingerprint density at radius 1 is 1.29 bits per heavy atom. The summed E-state index contributed by atoms with van der Waals surface area (Å²) in [5.41, 5.74) is 12.7. The molecule has 0 saturated heterocycles. The first kappa shape index (κ1) is 8.74. The van der Waals surface area contributed by atoms with E-state index in [2.05, 4.69) is 28.9 Å². The lowest BCUT2D eigenvalue weighted by molar-refractivity contribution is 0.784. The Morgan fingerprint density at radius 2 is 2.00 bits per heavy atom. The molecule has 2 aromatic heterocycles. The fraction of sp³-hybridized carbons (Fsp3) is 0.375. The van der Waals surface area contributed by atoms with Crippen molar-refractivity contribution < 1.29 is 0 Å². The molecule has 2 aromatic rings. The molecule has 6 heteroatoms. The molecular formula is C8H12N6. The van der Waals surface area contributed by atoms with E-state index in [1.165, 1.54) is 4.52 Å². The molecule has 74 valence electrons. The topological polar surface area (TPSA) is 95.1 Å². The number of nitrogens with two attached hydrogens (primary N) is 2. The maximum absolute atomic E-state index is 5.64. The van der Waals surface area contributed by atoms with E-state index in [4.69, 9.17) is 11.5 Å². The highest BCUT2D eigenvalue weighted by Crippen LogP contribution is 2.15. The molecule has 2 rings (SSSR count). The normalized spacial score (nSPS) is 11.4. The van der Waals surface area contributed by atoms with Crippen molar-refractivity contribution in [2.45, 2.75) is 19.8 Å². The quantitative estimate of drug-likeness (QED) is 0.682. The van der Waals surface area contributed by atoms with Crippen molar-refractivity contribution in [2.24, 2.45) is 0 Å². The molecule has 2 heterocycles. The second-order valence-electron chi connectivity index (χ2n) is 3.43. The molecule has 0 unspecified atom stereocenters. The number of anilines is 2. The van der Waals surface area contributed by atoms with Crippen LogP contribution in [0, 0.1) is 0 Å². The first-order chi connectivity index (χ1) is 6.58. The van der Waals surface area contributed by atoms with Crippen LogP contribution in [0.25, 0.3) is 5.65 Å². The number of fused-ring (bicyclic) bond motifs is 1. The third kappa shape index (κ3) is 1.24. The van der Waals surface area contributed by atoms with Crippen LogP contribution in [0.4, 0.5) is 11.9 Å². The van der Waals surface area contributed by atoms with Gasteiger partial charge in [0.25, 0.3) is 0 Å². The Hall–Kier alpha value is -1.85. The summed E-state index contributed by atoms with van der Waals surface area (Å²) in [5, 5.41) is 4.26. The zero-order chi connectivity index (χ0) is 10.3. The van der Waals surface area contributed by atoms with Crippen LogP contribution >= 0.6 is 0 Å². The highest BCUT2D eigenvalue weighted by atomic mass is 15.3. The van der Waals surface area contributed by atoms with E-state index in [0.717, 1.165) is 5.69 Å². The fourth-order valence-electron chi connectivity index (χ4n) is 1.23. The number of hydrogen-bond acceptors (Lipinski definition) is 5. The van der Waals surface area contributed by atoms with Crippen molar-refractivity contribution in [3.63, 3.8) is 0 Å². The minimum absolute atomic E-state index is 0.171. The van der Waals surface area contributed by atoms with Gasteiger partial charge in [-0.2, -0.15) is 19.6 Å². The highest BCUT2D eigenvalue weighted by Gasteiger charge is 2.09. The number of nitrogens with zero attached hydrogens (tertiary/aromatic N) is 4. The molecule has 0 atom stereocenters. The van der Waals surface area contributed by atoms with Crippen LogP contribution in [0.1, 0.15) is 25.5 Å². The van der Waals surface area contributed by atoms with Crippen LogP contribution in [-0.4, -0.2) is 19.6 Å². The highest BCUT2D eigenvalue weighted by molar-refractivity contribution is 5.47. The van der Waals surface area contributed by atoms with Gasteiger partial charge in [0.15, 0.2) is 5.65 Å². The summed E-state index contributed by atoms with van der Waals surface area (Å²) >= 11 is 0. The molecule has 0 aliphatic rings. The van der Waals surface area contributed by atoms with E-state index in [0.29, 0.717) is 11.6 Å². The van der Waals surface area contributed by atoms with Crippen LogP contribution in [0.15, 0.2) is 6.07 Å². The van der Waals surface area contributed by atoms with Crippen LogP contribution in [0.2, 0.25) is 0 Å². The molecule has 6 nitrogen and oxygen atoms in total. The van der Waals surface area contributed by atoms with Crippen molar-refractivity contribution in [1.29, 1.82) is 0 Å². The van der Waals surface area contributed by atoms with Gasteiger partial charge >= 0.3 is 0 Å². The maximum Gasteiger partial charge on any atom is 0.226 e. The summed E-state index contributed by atoms with van der Waals surface area (Å²) in [6.07, 6.45) is 0. The molecule has 0 aromatic carbocycles. The van der Waals surface area contributed by atoms with E-state index in [1.54, 1.807) is 0 Å². The van der Waals surface area contributed by atoms with E-state index in [1.807, 2.05) is 6.07 Å². The van der Waals surface area contributed by atoms with Crippen LogP contribution in [0.5, 0.6) is 0 Å². The van der Waals surface area contributed by atoms with Gasteiger partial charge in [0.1, 0.15) is 0 Å². The minimum Gasteiger partial charge on any atom is -0.368 e. The Labute approximate surface area is 81.0 Å². The van der Waals surface area contributed by atoms with Gasteiger partial charge in [-0.1, -0.05) is 13.8 Å². The SMILES string of the molecule is CC(C)c1cc2nc(N)nc(N)n2n1. The molecule has 0 radical (unpaired) electrons. The van der Waals surface area contributed by atoms with Gasteiger partial charge in [0.2, 0.25) is 11.9 Å². The Balaban J connectivity index is 2.70. The Morgan fingerprint density at radius 3 is 2.64 bits per heavy atom. The van der Waals surface area contributed by atoms with Gasteiger partial charge in [-0.25, -0.2) is 0 Å². The molecule has 0 spiro atoms. The first-order valence-corrected chi connectivity index (χ1v) is 4.36. The number of nitrogen functional groups attached to an aromatic ring is 2. The maximum atomic E-state index is 5.64. The molecule has 0 fully saturated rings. The van der Waals surface area contributed by atoms with Crippen LogP contribution in [-0.2, 0) is 0 Å². The third-order valence-electron chi connectivity index (χ3n) is 1.98. The van der Waals surface area contributed by atoms with Gasteiger partial charge in [-0.05, 0) is 5.92 Å². The van der Waals surface area contributed by atoms with Crippen molar-refractivity contribution in [3.8, 4) is 0 Å². The van der Waals surface area contributed by atoms with Crippen LogP contribution < -0.4 is 11.5 Å². The number of aromatic nitrogens is 4. The fourth-order valence-corrected chi connectivity index (χ4v) is 1.23. The summed E-state index contributed by atoms with van der Waals surface area (Å²) in [6.45, 7) is 4.10. The van der Waals surface area contributed by atoms with E-state index in [-0.39, 0.29) is 11.9 Å². The molecule has 0 saturated carbocycles. The number of rotatable bonds is 1. The zero-order valence-electron chi connectivity index (χ0n) is 8.10. The molecule has 0 amide bonds. The predicted molar refractivity (Wildman–Crippen MR) is 53.7 cm³/mol. The molecule has 14 heavy (non-hydrogen) atoms. The van der Waals surface area contributed by atoms with Gasteiger partial charge in [-0.3, -0.25) is 0 Å². The lowest BCUT2D eigenvalue weighted by atomic mass is 10.1.